The van der Waals surface area contributed by atoms with E-state index in [-0.39, 0.29) is 18.0 Å². The van der Waals surface area contributed by atoms with E-state index >= 15 is 0 Å². The highest BCUT2D eigenvalue weighted by Crippen LogP contribution is 2.18. The minimum absolute atomic E-state index is 0.199. The maximum atomic E-state index is 13.4. The van der Waals surface area contributed by atoms with E-state index in [0.717, 1.165) is 18.9 Å². The quantitative estimate of drug-likeness (QED) is 0.788. The summed E-state index contributed by atoms with van der Waals surface area (Å²) in [6, 6.07) is 4.22. The molecule has 102 valence electrons. The highest BCUT2D eigenvalue weighted by atomic mass is 19.1. The summed E-state index contributed by atoms with van der Waals surface area (Å²) >= 11 is 0. The fraction of sp³-hybridized carbons (Fsp3) is 0.385. The van der Waals surface area contributed by atoms with Crippen molar-refractivity contribution in [2.24, 2.45) is 0 Å². The molecule has 1 saturated carbocycles. The number of hydrogen-bond acceptors (Lipinski definition) is 4. The molecule has 1 fully saturated rings. The van der Waals surface area contributed by atoms with Gasteiger partial charge >= 0.3 is 5.97 Å². The summed E-state index contributed by atoms with van der Waals surface area (Å²) in [5.74, 6) is -1.68. The molecule has 0 bridgehead atoms. The van der Waals surface area contributed by atoms with Crippen LogP contribution in [0.1, 0.15) is 23.2 Å². The van der Waals surface area contributed by atoms with Crippen LogP contribution in [-0.4, -0.2) is 31.6 Å². The fourth-order valence-corrected chi connectivity index (χ4v) is 1.60. The second kappa shape index (κ2) is 5.79. The van der Waals surface area contributed by atoms with E-state index in [0.29, 0.717) is 11.7 Å². The number of amides is 1. The Morgan fingerprint density at radius 1 is 1.42 bits per heavy atom. The van der Waals surface area contributed by atoms with Gasteiger partial charge in [-0.15, -0.1) is 0 Å². The van der Waals surface area contributed by atoms with E-state index in [2.05, 4.69) is 15.4 Å². The van der Waals surface area contributed by atoms with Crippen LogP contribution in [0.25, 0.3) is 0 Å². The van der Waals surface area contributed by atoms with Crippen molar-refractivity contribution < 1.29 is 18.7 Å². The van der Waals surface area contributed by atoms with Gasteiger partial charge in [-0.2, -0.15) is 0 Å². The van der Waals surface area contributed by atoms with Gasteiger partial charge in [0.15, 0.2) is 0 Å². The van der Waals surface area contributed by atoms with Crippen LogP contribution in [-0.2, 0) is 9.53 Å². The summed E-state index contributed by atoms with van der Waals surface area (Å²) in [6.07, 6.45) is 2.19. The molecule has 0 radical (unpaired) electrons. The fourth-order valence-electron chi connectivity index (χ4n) is 1.60. The minimum Gasteiger partial charge on any atom is -0.465 e. The Morgan fingerprint density at radius 3 is 2.79 bits per heavy atom. The summed E-state index contributed by atoms with van der Waals surface area (Å²) in [4.78, 5) is 22.9. The van der Waals surface area contributed by atoms with Crippen molar-refractivity contribution in [2.75, 3.05) is 19.0 Å². The number of hydrogen-bond donors (Lipinski definition) is 2. The molecule has 0 heterocycles. The predicted molar refractivity (Wildman–Crippen MR) is 67.4 cm³/mol. The molecule has 19 heavy (non-hydrogen) atoms. The van der Waals surface area contributed by atoms with Gasteiger partial charge in [-0.25, -0.2) is 9.18 Å². The molecular weight excluding hydrogens is 251 g/mol. The molecule has 1 aliphatic rings. The SMILES string of the molecule is COC(=O)c1cc(NC(=O)CNC2CC2)ccc1F. The number of halogens is 1. The van der Waals surface area contributed by atoms with Crippen LogP contribution in [0.4, 0.5) is 10.1 Å². The zero-order chi connectivity index (χ0) is 13.8. The Balaban J connectivity index is 1.99. The van der Waals surface area contributed by atoms with E-state index in [1.807, 2.05) is 0 Å². The van der Waals surface area contributed by atoms with Crippen molar-refractivity contribution in [3.63, 3.8) is 0 Å². The number of ether oxygens (including phenoxy) is 1. The molecular formula is C13H15FN2O3. The summed E-state index contributed by atoms with van der Waals surface area (Å²) in [6.45, 7) is 0.204. The maximum Gasteiger partial charge on any atom is 0.340 e. The van der Waals surface area contributed by atoms with Crippen LogP contribution in [0.3, 0.4) is 0 Å². The van der Waals surface area contributed by atoms with Crippen LogP contribution in [0, 0.1) is 5.82 Å². The van der Waals surface area contributed by atoms with Crippen LogP contribution in [0.15, 0.2) is 18.2 Å². The van der Waals surface area contributed by atoms with Gasteiger partial charge in [-0.1, -0.05) is 0 Å². The number of anilines is 1. The van der Waals surface area contributed by atoms with Gasteiger partial charge in [0.2, 0.25) is 5.91 Å². The van der Waals surface area contributed by atoms with Crippen molar-refractivity contribution in [1.82, 2.24) is 5.32 Å². The number of methoxy groups -OCH3 is 1. The number of benzene rings is 1. The Bertz CT molecular complexity index is 501. The maximum absolute atomic E-state index is 13.4. The number of rotatable bonds is 5. The molecule has 0 unspecified atom stereocenters. The second-order valence-electron chi connectivity index (χ2n) is 4.39. The molecule has 0 spiro atoms. The Labute approximate surface area is 110 Å². The summed E-state index contributed by atoms with van der Waals surface area (Å²) < 4.78 is 17.8. The highest BCUT2D eigenvalue weighted by Gasteiger charge is 2.21. The van der Waals surface area contributed by atoms with E-state index < -0.39 is 11.8 Å². The van der Waals surface area contributed by atoms with Crippen molar-refractivity contribution in [3.05, 3.63) is 29.6 Å². The lowest BCUT2D eigenvalue weighted by atomic mass is 10.2. The molecule has 1 aliphatic carbocycles. The molecule has 1 aromatic rings. The Kier molecular flexibility index (Phi) is 4.11. The molecule has 2 rings (SSSR count). The largest absolute Gasteiger partial charge is 0.465 e. The van der Waals surface area contributed by atoms with Crippen LogP contribution < -0.4 is 10.6 Å². The molecule has 0 aromatic heterocycles. The molecule has 1 aromatic carbocycles. The summed E-state index contributed by atoms with van der Waals surface area (Å²) in [7, 11) is 1.17. The third-order valence-corrected chi connectivity index (χ3v) is 2.78. The van der Waals surface area contributed by atoms with Crippen molar-refractivity contribution in [2.45, 2.75) is 18.9 Å². The van der Waals surface area contributed by atoms with Gasteiger partial charge in [0.05, 0.1) is 19.2 Å². The highest BCUT2D eigenvalue weighted by molar-refractivity contribution is 5.95. The molecule has 0 atom stereocenters. The van der Waals surface area contributed by atoms with E-state index in [9.17, 15) is 14.0 Å². The van der Waals surface area contributed by atoms with Crippen molar-refractivity contribution in [3.8, 4) is 0 Å². The molecule has 0 aliphatic heterocycles. The topological polar surface area (TPSA) is 67.4 Å². The zero-order valence-corrected chi connectivity index (χ0v) is 10.5. The lowest BCUT2D eigenvalue weighted by molar-refractivity contribution is -0.115. The molecule has 0 saturated heterocycles. The summed E-state index contributed by atoms with van der Waals surface area (Å²) in [5, 5.41) is 5.65. The van der Waals surface area contributed by atoms with E-state index in [1.54, 1.807) is 0 Å². The summed E-state index contributed by atoms with van der Waals surface area (Å²) in [5.41, 5.74) is 0.167. The monoisotopic (exact) mass is 266 g/mol. The normalized spacial score (nSPS) is 14.0. The van der Waals surface area contributed by atoms with Crippen LogP contribution in [0.2, 0.25) is 0 Å². The van der Waals surface area contributed by atoms with Crippen molar-refractivity contribution in [1.29, 1.82) is 0 Å². The van der Waals surface area contributed by atoms with Crippen molar-refractivity contribution >= 4 is 17.6 Å². The molecule has 2 N–H and O–H groups in total. The molecule has 6 heteroatoms. The first-order valence-electron chi connectivity index (χ1n) is 6.01. The first-order chi connectivity index (χ1) is 9.10. The van der Waals surface area contributed by atoms with Gasteiger partial charge < -0.3 is 15.4 Å². The number of esters is 1. The Hall–Kier alpha value is -1.95. The smallest absolute Gasteiger partial charge is 0.340 e. The third-order valence-electron chi connectivity index (χ3n) is 2.78. The minimum atomic E-state index is -0.773. The van der Waals surface area contributed by atoms with Gasteiger partial charge in [0.1, 0.15) is 5.82 Å². The lowest BCUT2D eigenvalue weighted by Crippen LogP contribution is -2.29. The Morgan fingerprint density at radius 2 is 2.16 bits per heavy atom. The average molecular weight is 266 g/mol. The lowest BCUT2D eigenvalue weighted by Gasteiger charge is -2.08. The van der Waals surface area contributed by atoms with Crippen LogP contribution >= 0.6 is 0 Å². The van der Waals surface area contributed by atoms with Gasteiger partial charge in [-0.05, 0) is 31.0 Å². The molecule has 5 nitrogen and oxygen atoms in total. The number of nitrogens with one attached hydrogen (secondary N) is 2. The second-order valence-corrected chi connectivity index (χ2v) is 4.39. The zero-order valence-electron chi connectivity index (χ0n) is 10.5. The average Bonchev–Trinajstić information content (AvgIpc) is 3.22. The van der Waals surface area contributed by atoms with Gasteiger partial charge in [-0.3, -0.25) is 4.79 Å². The third kappa shape index (κ3) is 3.75. The standard InChI is InChI=1S/C13H15FN2O3/c1-19-13(18)10-6-9(4-5-11(10)14)16-12(17)7-15-8-2-3-8/h4-6,8,15H,2-3,7H2,1H3,(H,16,17). The predicted octanol–water partition coefficient (Wildman–Crippen LogP) is 1.30. The van der Waals surface area contributed by atoms with E-state index in [1.165, 1.54) is 19.2 Å². The van der Waals surface area contributed by atoms with Crippen LogP contribution in [0.5, 0.6) is 0 Å². The number of carbonyl (C=O) groups is 2. The molecule has 1 amide bonds. The van der Waals surface area contributed by atoms with E-state index in [4.69, 9.17) is 0 Å². The first-order valence-corrected chi connectivity index (χ1v) is 6.01. The van der Waals surface area contributed by atoms with Gasteiger partial charge in [0, 0.05) is 11.7 Å². The first kappa shape index (κ1) is 13.5. The number of carbonyl (C=O) groups excluding carboxylic acids is 2. The van der Waals surface area contributed by atoms with Gasteiger partial charge in [0.25, 0.3) is 0 Å².